The van der Waals surface area contributed by atoms with Crippen molar-refractivity contribution in [1.82, 2.24) is 0 Å². The summed E-state index contributed by atoms with van der Waals surface area (Å²) in [5, 5.41) is 2.76. The number of fused-ring (bicyclic) bond motifs is 14. The fraction of sp³-hybridized carbons (Fsp3) is 0.0286. The summed E-state index contributed by atoms with van der Waals surface area (Å²) in [6.45, 7) is 0. The molecule has 1 spiro atoms. The van der Waals surface area contributed by atoms with E-state index in [9.17, 15) is 0 Å². The third kappa shape index (κ3) is 1.99. The Morgan fingerprint density at radius 2 is 0.972 bits per heavy atom. The molecule has 1 atom stereocenters. The van der Waals surface area contributed by atoms with Gasteiger partial charge in [-0.15, -0.1) is 0 Å². The first-order chi connectivity index (χ1) is 17.8. The number of hydrogen-bond donors (Lipinski definition) is 0. The normalized spacial score (nSPS) is 17.1. The molecule has 0 aliphatic heterocycles. The summed E-state index contributed by atoms with van der Waals surface area (Å²) in [7, 11) is 0. The van der Waals surface area contributed by atoms with Crippen LogP contribution < -0.4 is 0 Å². The number of halogens is 1. The Labute approximate surface area is 218 Å². The van der Waals surface area contributed by atoms with E-state index in [2.05, 4.69) is 131 Å². The molecule has 0 radical (unpaired) electrons. The van der Waals surface area contributed by atoms with Crippen LogP contribution in [0, 0.1) is 0 Å². The molecular formula is C35H19Br. The van der Waals surface area contributed by atoms with Crippen LogP contribution in [-0.2, 0) is 5.41 Å². The molecule has 36 heavy (non-hydrogen) atoms. The lowest BCUT2D eigenvalue weighted by molar-refractivity contribution is 0.794. The van der Waals surface area contributed by atoms with Crippen molar-refractivity contribution in [3.05, 3.63) is 142 Å². The molecule has 1 unspecified atom stereocenters. The maximum Gasteiger partial charge on any atom is 0.0726 e. The maximum absolute atomic E-state index is 3.93. The molecular weight excluding hydrogens is 500 g/mol. The predicted octanol–water partition coefficient (Wildman–Crippen LogP) is 9.59. The van der Waals surface area contributed by atoms with Gasteiger partial charge in [-0.2, -0.15) is 0 Å². The summed E-state index contributed by atoms with van der Waals surface area (Å²) in [5.41, 5.74) is 16.0. The first-order valence-electron chi connectivity index (χ1n) is 12.5. The first kappa shape index (κ1) is 19.3. The molecule has 1 heteroatoms. The molecule has 0 amide bonds. The average Bonchev–Trinajstić information content (AvgIpc) is 3.53. The third-order valence-electron chi connectivity index (χ3n) is 8.69. The summed E-state index contributed by atoms with van der Waals surface area (Å²) in [6.07, 6.45) is 0. The van der Waals surface area contributed by atoms with E-state index < -0.39 is 0 Å². The SMILES string of the molecule is Brc1cccc2c1-c1ccccc1C21c2ccccc2-c2c1cc1c3c(cccc23)-c2ccccc2-1. The van der Waals surface area contributed by atoms with Crippen LogP contribution in [0.15, 0.2) is 120 Å². The van der Waals surface area contributed by atoms with Crippen LogP contribution in [0.4, 0.5) is 0 Å². The van der Waals surface area contributed by atoms with E-state index in [0.717, 1.165) is 4.47 Å². The number of rotatable bonds is 0. The van der Waals surface area contributed by atoms with Gasteiger partial charge in [0.1, 0.15) is 0 Å². The Morgan fingerprint density at radius 1 is 0.417 bits per heavy atom. The Balaban J connectivity index is 1.55. The fourth-order valence-electron chi connectivity index (χ4n) is 7.50. The Kier molecular flexibility index (Phi) is 3.44. The highest BCUT2D eigenvalue weighted by molar-refractivity contribution is 9.10. The van der Waals surface area contributed by atoms with Gasteiger partial charge >= 0.3 is 0 Å². The van der Waals surface area contributed by atoms with Crippen LogP contribution in [0.5, 0.6) is 0 Å². The van der Waals surface area contributed by atoms with E-state index in [-0.39, 0.29) is 5.41 Å². The zero-order valence-corrected chi connectivity index (χ0v) is 20.9. The molecule has 0 N–H and O–H groups in total. The van der Waals surface area contributed by atoms with Crippen LogP contribution in [-0.4, -0.2) is 0 Å². The van der Waals surface area contributed by atoms with Crippen LogP contribution in [0.2, 0.25) is 0 Å². The van der Waals surface area contributed by atoms with E-state index in [0.29, 0.717) is 0 Å². The minimum Gasteiger partial charge on any atom is -0.0619 e. The van der Waals surface area contributed by atoms with Crippen molar-refractivity contribution in [3.8, 4) is 44.5 Å². The second kappa shape index (κ2) is 6.43. The molecule has 6 aromatic rings. The minimum absolute atomic E-state index is 0.333. The quantitative estimate of drug-likeness (QED) is 0.187. The van der Waals surface area contributed by atoms with Gasteiger partial charge in [0.05, 0.1) is 5.41 Å². The number of benzene rings is 6. The molecule has 0 fully saturated rings. The van der Waals surface area contributed by atoms with Crippen LogP contribution in [0.25, 0.3) is 55.3 Å². The summed E-state index contributed by atoms with van der Waals surface area (Å²) < 4.78 is 1.16. The minimum atomic E-state index is -0.333. The predicted molar refractivity (Wildman–Crippen MR) is 152 cm³/mol. The van der Waals surface area contributed by atoms with Crippen molar-refractivity contribution in [2.75, 3.05) is 0 Å². The summed E-state index contributed by atoms with van der Waals surface area (Å²) in [6, 6.07) is 43.1. The van der Waals surface area contributed by atoms with Gasteiger partial charge in [-0.1, -0.05) is 119 Å². The third-order valence-corrected chi connectivity index (χ3v) is 9.35. The van der Waals surface area contributed by atoms with Gasteiger partial charge in [0.2, 0.25) is 0 Å². The molecule has 0 bridgehead atoms. The molecule has 166 valence electrons. The Bertz CT molecular complexity index is 1960. The average molecular weight is 519 g/mol. The fourth-order valence-corrected chi connectivity index (χ4v) is 8.08. The zero-order chi connectivity index (χ0) is 23.6. The van der Waals surface area contributed by atoms with Crippen LogP contribution in [0.1, 0.15) is 22.3 Å². The van der Waals surface area contributed by atoms with Gasteiger partial charge in [-0.3, -0.25) is 0 Å². The molecule has 0 saturated heterocycles. The van der Waals surface area contributed by atoms with Gasteiger partial charge in [0.25, 0.3) is 0 Å². The van der Waals surface area contributed by atoms with Crippen molar-refractivity contribution >= 4 is 26.7 Å². The molecule has 9 rings (SSSR count). The monoisotopic (exact) mass is 518 g/mol. The summed E-state index contributed by atoms with van der Waals surface area (Å²) >= 11 is 3.93. The second-order valence-corrected chi connectivity index (χ2v) is 11.0. The first-order valence-corrected chi connectivity index (χ1v) is 13.3. The van der Waals surface area contributed by atoms with Crippen LogP contribution in [0.3, 0.4) is 0 Å². The standard InChI is InChI=1S/C35H19Br/c36-31-18-8-17-29-34(31)24-12-4-6-16-28(24)35(29)27-15-5-3-11-23(27)33-25-14-7-13-22-20-9-1-2-10-21(20)26(32(22)25)19-30(33)35/h1-19H. The lowest BCUT2D eigenvalue weighted by Gasteiger charge is -2.31. The van der Waals surface area contributed by atoms with Crippen molar-refractivity contribution < 1.29 is 0 Å². The van der Waals surface area contributed by atoms with Gasteiger partial charge < -0.3 is 0 Å². The van der Waals surface area contributed by atoms with E-state index in [1.165, 1.54) is 77.5 Å². The molecule has 3 aliphatic carbocycles. The summed E-state index contributed by atoms with van der Waals surface area (Å²) in [5.74, 6) is 0. The van der Waals surface area contributed by atoms with Crippen molar-refractivity contribution in [1.29, 1.82) is 0 Å². The molecule has 0 nitrogen and oxygen atoms in total. The summed E-state index contributed by atoms with van der Waals surface area (Å²) in [4.78, 5) is 0. The highest BCUT2D eigenvalue weighted by Crippen LogP contribution is 2.66. The van der Waals surface area contributed by atoms with Gasteiger partial charge in [0.15, 0.2) is 0 Å². The van der Waals surface area contributed by atoms with Gasteiger partial charge in [-0.25, -0.2) is 0 Å². The lowest BCUT2D eigenvalue weighted by atomic mass is 9.70. The highest BCUT2D eigenvalue weighted by Gasteiger charge is 2.52. The molecule has 3 aliphatic rings. The van der Waals surface area contributed by atoms with Gasteiger partial charge in [0, 0.05) is 10.0 Å². The molecule has 0 heterocycles. The second-order valence-electron chi connectivity index (χ2n) is 10.1. The van der Waals surface area contributed by atoms with E-state index in [4.69, 9.17) is 0 Å². The zero-order valence-electron chi connectivity index (χ0n) is 19.3. The van der Waals surface area contributed by atoms with Crippen molar-refractivity contribution in [2.45, 2.75) is 5.41 Å². The van der Waals surface area contributed by atoms with E-state index in [1.807, 2.05) is 0 Å². The van der Waals surface area contributed by atoms with E-state index >= 15 is 0 Å². The Hall–Kier alpha value is -3.94. The largest absolute Gasteiger partial charge is 0.0726 e. The van der Waals surface area contributed by atoms with Crippen LogP contribution >= 0.6 is 15.9 Å². The topological polar surface area (TPSA) is 0 Å². The smallest absolute Gasteiger partial charge is 0.0619 e. The molecule has 0 saturated carbocycles. The van der Waals surface area contributed by atoms with Gasteiger partial charge in [-0.05, 0) is 84.1 Å². The van der Waals surface area contributed by atoms with Crippen molar-refractivity contribution in [2.24, 2.45) is 0 Å². The number of hydrogen-bond acceptors (Lipinski definition) is 0. The van der Waals surface area contributed by atoms with E-state index in [1.54, 1.807) is 0 Å². The maximum atomic E-state index is 3.93. The Morgan fingerprint density at radius 3 is 1.72 bits per heavy atom. The molecule has 6 aromatic carbocycles. The highest BCUT2D eigenvalue weighted by atomic mass is 79.9. The molecule has 0 aromatic heterocycles. The lowest BCUT2D eigenvalue weighted by Crippen LogP contribution is -2.25. The van der Waals surface area contributed by atoms with Crippen molar-refractivity contribution in [3.63, 3.8) is 0 Å².